The van der Waals surface area contributed by atoms with Gasteiger partial charge in [0, 0.05) is 4.57 Å². The van der Waals surface area contributed by atoms with Gasteiger partial charge in [-0.05, 0) is 38.1 Å². The lowest BCUT2D eigenvalue weighted by atomic mass is 10.2. The van der Waals surface area contributed by atoms with Crippen LogP contribution in [0.1, 0.15) is 13.8 Å². The Morgan fingerprint density at radius 3 is 1.46 bits per heavy atom. The van der Waals surface area contributed by atoms with Gasteiger partial charge in [-0.2, -0.15) is 0 Å². The highest BCUT2D eigenvalue weighted by Gasteiger charge is 2.28. The Hall–Kier alpha value is -2.60. The van der Waals surface area contributed by atoms with Crippen molar-refractivity contribution < 1.29 is 32.7 Å². The number of para-hydroxylation sites is 2. The number of hydrogen-bond acceptors (Lipinski definition) is 7. The third kappa shape index (κ3) is 7.56. The molecule has 0 unspecified atom stereocenters. The summed E-state index contributed by atoms with van der Waals surface area (Å²) in [6.45, 7) is 2.23. The maximum Gasteiger partial charge on any atom is 0.698 e. The second kappa shape index (κ2) is 11.3. The molecule has 0 heterocycles. The van der Waals surface area contributed by atoms with Crippen molar-refractivity contribution in [3.63, 3.8) is 0 Å². The number of carbonyl (C=O) groups is 2. The van der Waals surface area contributed by atoms with Gasteiger partial charge in [0.2, 0.25) is 11.6 Å². The summed E-state index contributed by atoms with van der Waals surface area (Å²) < 4.78 is 32.4. The Balaban J connectivity index is 1.67. The van der Waals surface area contributed by atoms with Crippen LogP contribution in [0.15, 0.2) is 60.7 Å². The maximum absolute atomic E-state index is 12.0. The first kappa shape index (κ1) is 21.7. The van der Waals surface area contributed by atoms with Crippen LogP contribution in [0, 0.1) is 0 Å². The number of Topliss-reactive ketones (excluding diaryl/α,β-unsaturated/α-hetero) is 2. The molecule has 0 aromatic heterocycles. The second-order valence-electron chi connectivity index (χ2n) is 5.85. The first-order chi connectivity index (χ1) is 13.5. The summed E-state index contributed by atoms with van der Waals surface area (Å²) in [5.74, 6) is 0.287. The van der Waals surface area contributed by atoms with Crippen molar-refractivity contribution in [3.05, 3.63) is 60.7 Å². The summed E-state index contributed by atoms with van der Waals surface area (Å²) in [4.78, 5) is 24.0. The van der Waals surface area contributed by atoms with Crippen LogP contribution < -0.4 is 9.47 Å². The van der Waals surface area contributed by atoms with Gasteiger partial charge in [0.1, 0.15) is 11.5 Å². The number of ketones is 2. The fourth-order valence-corrected chi connectivity index (χ4v) is 2.58. The Morgan fingerprint density at radius 2 is 1.11 bits per heavy atom. The van der Waals surface area contributed by atoms with Gasteiger partial charge >= 0.3 is 8.25 Å². The maximum atomic E-state index is 12.0. The molecule has 2 atom stereocenters. The Kier molecular flexibility index (Phi) is 8.75. The van der Waals surface area contributed by atoms with Crippen LogP contribution in [-0.4, -0.2) is 37.0 Å². The van der Waals surface area contributed by atoms with E-state index in [1.165, 1.54) is 0 Å². The molecule has 0 N–H and O–H groups in total. The average molecular weight is 405 g/mol. The monoisotopic (exact) mass is 405 g/mol. The molecular weight excluding hydrogens is 383 g/mol. The topological polar surface area (TPSA) is 88.1 Å². The summed E-state index contributed by atoms with van der Waals surface area (Å²) in [5, 5.41) is 0. The van der Waals surface area contributed by atoms with Crippen LogP contribution in [0.5, 0.6) is 11.5 Å². The Bertz CT molecular complexity index is 714. The molecule has 148 valence electrons. The third-order valence-corrected chi connectivity index (χ3v) is 4.32. The molecule has 0 fully saturated rings. The molecule has 28 heavy (non-hydrogen) atoms. The SMILES string of the molecule is C[C@H](Oc1ccccc1)C(=O)CO[P+](=O)OCC(=O)[C@H](C)Oc1ccccc1. The minimum absolute atomic E-state index is 0.400. The van der Waals surface area contributed by atoms with Crippen LogP contribution >= 0.6 is 8.25 Å². The molecule has 2 aromatic rings. The number of hydrogen-bond donors (Lipinski definition) is 0. The van der Waals surface area contributed by atoms with Gasteiger partial charge < -0.3 is 9.47 Å². The number of ether oxygens (including phenoxy) is 2. The quantitative estimate of drug-likeness (QED) is 0.497. The highest BCUT2D eigenvalue weighted by atomic mass is 31.1. The third-order valence-electron chi connectivity index (χ3n) is 3.64. The van der Waals surface area contributed by atoms with E-state index in [1.807, 2.05) is 12.1 Å². The number of benzene rings is 2. The van der Waals surface area contributed by atoms with E-state index >= 15 is 0 Å². The van der Waals surface area contributed by atoms with E-state index in [2.05, 4.69) is 0 Å². The lowest BCUT2D eigenvalue weighted by molar-refractivity contribution is -0.127. The van der Waals surface area contributed by atoms with Crippen LogP contribution in [-0.2, 0) is 23.2 Å². The van der Waals surface area contributed by atoms with Crippen LogP contribution in [0.25, 0.3) is 0 Å². The van der Waals surface area contributed by atoms with E-state index in [1.54, 1.807) is 62.4 Å². The predicted molar refractivity (Wildman–Crippen MR) is 103 cm³/mol. The lowest BCUT2D eigenvalue weighted by Crippen LogP contribution is -2.28. The molecule has 8 heteroatoms. The lowest BCUT2D eigenvalue weighted by Gasteiger charge is -2.12. The summed E-state index contributed by atoms with van der Waals surface area (Å²) in [6.07, 6.45) is -1.54. The average Bonchev–Trinajstić information content (AvgIpc) is 2.71. The van der Waals surface area contributed by atoms with Crippen molar-refractivity contribution in [2.24, 2.45) is 0 Å². The summed E-state index contributed by atoms with van der Waals surface area (Å²) in [5.41, 5.74) is 0. The first-order valence-electron chi connectivity index (χ1n) is 8.67. The van der Waals surface area contributed by atoms with Crippen molar-refractivity contribution in [1.29, 1.82) is 0 Å². The van der Waals surface area contributed by atoms with Crippen LogP contribution in [0.4, 0.5) is 0 Å². The summed E-state index contributed by atoms with van der Waals surface area (Å²) in [7, 11) is -2.62. The number of carbonyl (C=O) groups excluding carboxylic acids is 2. The molecule has 0 bridgehead atoms. The number of rotatable bonds is 12. The standard InChI is InChI=1S/C20H22O7P/c1-15(26-17-9-5-3-6-10-17)19(21)13-24-28(23)25-14-20(22)16(2)27-18-11-7-4-8-12-18/h3-12,15-16H,13-14H2,1-2H3/q+1/t15-,16-/m0/s1. The predicted octanol–water partition coefficient (Wildman–Crippen LogP) is 3.75. The van der Waals surface area contributed by atoms with E-state index in [-0.39, 0.29) is 0 Å². The highest BCUT2D eigenvalue weighted by Crippen LogP contribution is 2.24. The smallest absolute Gasteiger partial charge is 0.483 e. The zero-order valence-electron chi connectivity index (χ0n) is 15.6. The van der Waals surface area contributed by atoms with Gasteiger partial charge in [-0.1, -0.05) is 36.4 Å². The van der Waals surface area contributed by atoms with Crippen LogP contribution in [0.3, 0.4) is 0 Å². The van der Waals surface area contributed by atoms with Gasteiger partial charge in [0.05, 0.1) is 0 Å². The minimum atomic E-state index is -2.62. The van der Waals surface area contributed by atoms with Crippen molar-refractivity contribution in [2.45, 2.75) is 26.1 Å². The molecule has 2 rings (SSSR count). The largest absolute Gasteiger partial charge is 0.698 e. The molecule has 0 saturated heterocycles. The molecule has 0 amide bonds. The molecule has 0 aliphatic carbocycles. The second-order valence-corrected chi connectivity index (χ2v) is 6.81. The van der Waals surface area contributed by atoms with E-state index in [9.17, 15) is 14.2 Å². The molecule has 0 aliphatic rings. The molecule has 0 saturated carbocycles. The Labute approximate surface area is 164 Å². The Morgan fingerprint density at radius 1 is 0.750 bits per heavy atom. The van der Waals surface area contributed by atoms with E-state index in [0.29, 0.717) is 11.5 Å². The molecule has 7 nitrogen and oxygen atoms in total. The van der Waals surface area contributed by atoms with Crippen LogP contribution in [0.2, 0.25) is 0 Å². The highest BCUT2D eigenvalue weighted by molar-refractivity contribution is 7.33. The van der Waals surface area contributed by atoms with Gasteiger partial charge in [-0.3, -0.25) is 9.59 Å². The molecule has 0 aliphatic heterocycles. The molecule has 0 radical (unpaired) electrons. The molecular formula is C20H22O7P+. The fourth-order valence-electron chi connectivity index (χ4n) is 2.04. The molecule has 2 aromatic carbocycles. The van der Waals surface area contributed by atoms with Gasteiger partial charge in [-0.15, -0.1) is 9.05 Å². The van der Waals surface area contributed by atoms with Crippen molar-refractivity contribution in [3.8, 4) is 11.5 Å². The zero-order chi connectivity index (χ0) is 20.4. The van der Waals surface area contributed by atoms with Gasteiger partial charge in [0.15, 0.2) is 25.4 Å². The van der Waals surface area contributed by atoms with E-state index in [4.69, 9.17) is 18.5 Å². The van der Waals surface area contributed by atoms with Gasteiger partial charge in [-0.25, -0.2) is 0 Å². The van der Waals surface area contributed by atoms with Crippen molar-refractivity contribution in [1.82, 2.24) is 0 Å². The van der Waals surface area contributed by atoms with Crippen molar-refractivity contribution in [2.75, 3.05) is 13.2 Å². The van der Waals surface area contributed by atoms with Crippen molar-refractivity contribution >= 4 is 19.8 Å². The zero-order valence-corrected chi connectivity index (χ0v) is 16.5. The van der Waals surface area contributed by atoms with E-state index < -0.39 is 45.2 Å². The molecule has 0 spiro atoms. The fraction of sp³-hybridized carbons (Fsp3) is 0.300. The summed E-state index contributed by atoms with van der Waals surface area (Å²) >= 11 is 0. The first-order valence-corrected chi connectivity index (χ1v) is 9.77. The normalized spacial score (nSPS) is 12.6. The summed E-state index contributed by atoms with van der Waals surface area (Å²) in [6, 6.07) is 17.7. The van der Waals surface area contributed by atoms with E-state index in [0.717, 1.165) is 0 Å². The minimum Gasteiger partial charge on any atom is -0.483 e. The van der Waals surface area contributed by atoms with Gasteiger partial charge in [0.25, 0.3) is 0 Å².